The van der Waals surface area contributed by atoms with Gasteiger partial charge in [-0.2, -0.15) is 0 Å². The minimum absolute atomic E-state index is 0.0755. The summed E-state index contributed by atoms with van der Waals surface area (Å²) in [5.41, 5.74) is 1.06. The highest BCUT2D eigenvalue weighted by molar-refractivity contribution is 7.92. The number of carbonyl (C=O) groups is 2. The Kier molecular flexibility index (Phi) is 8.01. The molecule has 3 aromatic carbocycles. The van der Waals surface area contributed by atoms with Crippen molar-refractivity contribution >= 4 is 33.2 Å². The Bertz CT molecular complexity index is 1280. The zero-order chi connectivity index (χ0) is 24.7. The van der Waals surface area contributed by atoms with Gasteiger partial charge in [-0.25, -0.2) is 12.8 Å². The molecule has 0 bridgehead atoms. The van der Waals surface area contributed by atoms with E-state index in [1.54, 1.807) is 36.4 Å². The smallest absolute Gasteiger partial charge is 0.264 e. The second-order valence-corrected chi connectivity index (χ2v) is 9.49. The molecular weight excluding hydrogens is 457 g/mol. The summed E-state index contributed by atoms with van der Waals surface area (Å²) in [6.07, 6.45) is 0.745. The first-order chi connectivity index (χ1) is 16.2. The minimum Gasteiger partial charge on any atom is -0.352 e. The van der Waals surface area contributed by atoms with Gasteiger partial charge in [0.05, 0.1) is 21.8 Å². The number of rotatable bonds is 9. The number of nitrogens with one attached hydrogen (secondary N) is 2. The Morgan fingerprint density at radius 2 is 1.59 bits per heavy atom. The summed E-state index contributed by atoms with van der Waals surface area (Å²) in [4.78, 5) is 25.3. The first-order valence-corrected chi connectivity index (χ1v) is 12.2. The number of hydrogen-bond acceptors (Lipinski definition) is 4. The molecule has 0 aliphatic rings. The fourth-order valence-corrected chi connectivity index (χ4v) is 4.66. The molecule has 2 amide bonds. The highest BCUT2D eigenvalue weighted by Crippen LogP contribution is 2.26. The Morgan fingerprint density at radius 1 is 0.941 bits per heavy atom. The van der Waals surface area contributed by atoms with Gasteiger partial charge in [-0.05, 0) is 49.7 Å². The number of halogens is 1. The van der Waals surface area contributed by atoms with Gasteiger partial charge in [0.1, 0.15) is 12.4 Å². The Balaban J connectivity index is 1.93. The fraction of sp³-hybridized carbons (Fsp3) is 0.200. The summed E-state index contributed by atoms with van der Waals surface area (Å²) >= 11 is 0. The molecule has 0 radical (unpaired) electrons. The maximum absolute atomic E-state index is 14.6. The number of nitrogens with zero attached hydrogens (tertiary/aromatic N) is 1. The summed E-state index contributed by atoms with van der Waals surface area (Å²) in [6.45, 7) is 3.51. The molecule has 9 heteroatoms. The van der Waals surface area contributed by atoms with Crippen LogP contribution in [-0.4, -0.2) is 33.3 Å². The van der Waals surface area contributed by atoms with Crippen molar-refractivity contribution in [3.8, 4) is 0 Å². The number of hydrogen-bond donors (Lipinski definition) is 2. The maximum atomic E-state index is 14.6. The van der Waals surface area contributed by atoms with Crippen LogP contribution in [0.1, 0.15) is 29.3 Å². The summed E-state index contributed by atoms with van der Waals surface area (Å²) < 4.78 is 42.1. The van der Waals surface area contributed by atoms with Crippen molar-refractivity contribution < 1.29 is 22.4 Å². The van der Waals surface area contributed by atoms with Gasteiger partial charge >= 0.3 is 0 Å². The molecule has 0 aliphatic heterocycles. The Morgan fingerprint density at radius 3 is 2.26 bits per heavy atom. The van der Waals surface area contributed by atoms with Crippen molar-refractivity contribution in [2.24, 2.45) is 0 Å². The quantitative estimate of drug-likeness (QED) is 0.479. The average Bonchev–Trinajstić information content (AvgIpc) is 2.82. The van der Waals surface area contributed by atoms with Gasteiger partial charge in [-0.1, -0.05) is 48.9 Å². The fourth-order valence-electron chi connectivity index (χ4n) is 3.24. The summed E-state index contributed by atoms with van der Waals surface area (Å²) in [6, 6.07) is 17.8. The molecule has 0 atom stereocenters. The van der Waals surface area contributed by atoms with Crippen molar-refractivity contribution in [3.63, 3.8) is 0 Å². The number of carbonyl (C=O) groups excluding carboxylic acids is 2. The predicted octanol–water partition coefficient (Wildman–Crippen LogP) is 4.11. The molecule has 0 aliphatic carbocycles. The Hall–Kier alpha value is -3.72. The van der Waals surface area contributed by atoms with Crippen molar-refractivity contribution in [1.29, 1.82) is 0 Å². The standard InChI is InChI=1S/C25H26FN3O4S/c1-3-16-27-25(31)20-8-4-6-10-22(20)28-24(30)17-29(23-11-7-5-9-21(23)26)34(32,33)19-14-12-18(2)13-15-19/h4-15H,3,16-17H2,1-2H3,(H,27,31)(H,28,30). The molecule has 0 aromatic heterocycles. The summed E-state index contributed by atoms with van der Waals surface area (Å²) in [5.74, 6) is -1.88. The molecule has 0 saturated heterocycles. The lowest BCUT2D eigenvalue weighted by Gasteiger charge is -2.24. The van der Waals surface area contributed by atoms with Crippen molar-refractivity contribution in [3.05, 3.63) is 89.7 Å². The monoisotopic (exact) mass is 483 g/mol. The topological polar surface area (TPSA) is 95.6 Å². The molecule has 0 spiro atoms. The second-order valence-electron chi connectivity index (χ2n) is 7.63. The highest BCUT2D eigenvalue weighted by Gasteiger charge is 2.29. The van der Waals surface area contributed by atoms with E-state index in [-0.39, 0.29) is 27.7 Å². The summed E-state index contributed by atoms with van der Waals surface area (Å²) in [7, 11) is -4.27. The van der Waals surface area contributed by atoms with Crippen molar-refractivity contribution in [1.82, 2.24) is 5.32 Å². The van der Waals surface area contributed by atoms with Crippen LogP contribution in [0, 0.1) is 12.7 Å². The largest absolute Gasteiger partial charge is 0.352 e. The van der Waals surface area contributed by atoms with Crippen LogP contribution in [0.3, 0.4) is 0 Å². The van der Waals surface area contributed by atoms with Gasteiger partial charge < -0.3 is 10.6 Å². The number of anilines is 2. The van der Waals surface area contributed by atoms with Crippen LogP contribution in [0.25, 0.3) is 0 Å². The van der Waals surface area contributed by atoms with Crippen molar-refractivity contribution in [2.75, 3.05) is 22.7 Å². The molecule has 0 saturated carbocycles. The number of para-hydroxylation sites is 2. The minimum atomic E-state index is -4.27. The number of sulfonamides is 1. The first-order valence-electron chi connectivity index (χ1n) is 10.7. The van der Waals surface area contributed by atoms with E-state index in [0.717, 1.165) is 22.4 Å². The zero-order valence-electron chi connectivity index (χ0n) is 18.9. The molecular formula is C25H26FN3O4S. The van der Waals surface area contributed by atoms with Gasteiger partial charge in [0.15, 0.2) is 0 Å². The third kappa shape index (κ3) is 5.79. The molecule has 2 N–H and O–H groups in total. The van der Waals surface area contributed by atoms with Crippen LogP contribution < -0.4 is 14.9 Å². The van der Waals surface area contributed by atoms with E-state index >= 15 is 0 Å². The van der Waals surface area contributed by atoms with Crippen LogP contribution in [0.5, 0.6) is 0 Å². The number of aryl methyl sites for hydroxylation is 1. The Labute approximate surface area is 198 Å². The maximum Gasteiger partial charge on any atom is 0.264 e. The molecule has 3 rings (SSSR count). The molecule has 0 fully saturated rings. The van der Waals surface area contributed by atoms with Crippen LogP contribution >= 0.6 is 0 Å². The molecule has 178 valence electrons. The van der Waals surface area contributed by atoms with Crippen LogP contribution in [0.2, 0.25) is 0 Å². The van der Waals surface area contributed by atoms with Crippen LogP contribution in [0.15, 0.2) is 77.7 Å². The van der Waals surface area contributed by atoms with E-state index in [1.165, 1.54) is 30.3 Å². The van der Waals surface area contributed by atoms with E-state index in [1.807, 2.05) is 13.8 Å². The highest BCUT2D eigenvalue weighted by atomic mass is 32.2. The van der Waals surface area contributed by atoms with Gasteiger partial charge in [0.2, 0.25) is 5.91 Å². The van der Waals surface area contributed by atoms with Crippen LogP contribution in [-0.2, 0) is 14.8 Å². The normalized spacial score (nSPS) is 11.0. The molecule has 0 unspecified atom stereocenters. The van der Waals surface area contributed by atoms with Crippen LogP contribution in [0.4, 0.5) is 15.8 Å². The third-order valence-electron chi connectivity index (χ3n) is 5.00. The van der Waals surface area contributed by atoms with E-state index in [4.69, 9.17) is 0 Å². The molecule has 7 nitrogen and oxygen atoms in total. The van der Waals surface area contributed by atoms with Crippen molar-refractivity contribution in [2.45, 2.75) is 25.2 Å². The van der Waals surface area contributed by atoms with Gasteiger partial charge in [0, 0.05) is 6.54 Å². The number of amides is 2. The molecule has 34 heavy (non-hydrogen) atoms. The van der Waals surface area contributed by atoms with E-state index in [2.05, 4.69) is 10.6 Å². The van der Waals surface area contributed by atoms with E-state index in [0.29, 0.717) is 6.54 Å². The average molecular weight is 484 g/mol. The second kappa shape index (κ2) is 10.9. The predicted molar refractivity (Wildman–Crippen MR) is 130 cm³/mol. The lowest BCUT2D eigenvalue weighted by Crippen LogP contribution is -2.39. The van der Waals surface area contributed by atoms with E-state index < -0.39 is 28.3 Å². The van der Waals surface area contributed by atoms with Gasteiger partial charge in [-0.15, -0.1) is 0 Å². The third-order valence-corrected chi connectivity index (χ3v) is 6.77. The SMILES string of the molecule is CCCNC(=O)c1ccccc1NC(=O)CN(c1ccccc1F)S(=O)(=O)c1ccc(C)cc1. The lowest BCUT2D eigenvalue weighted by atomic mass is 10.1. The molecule has 0 heterocycles. The first kappa shape index (κ1) is 24.9. The molecule has 3 aromatic rings. The summed E-state index contributed by atoms with van der Waals surface area (Å²) in [5, 5.41) is 5.33. The van der Waals surface area contributed by atoms with E-state index in [9.17, 15) is 22.4 Å². The number of benzene rings is 3. The zero-order valence-corrected chi connectivity index (χ0v) is 19.7. The van der Waals surface area contributed by atoms with Gasteiger partial charge in [-0.3, -0.25) is 13.9 Å². The van der Waals surface area contributed by atoms with Gasteiger partial charge in [0.25, 0.3) is 15.9 Å². The lowest BCUT2D eigenvalue weighted by molar-refractivity contribution is -0.114.